The number of imidazole rings is 1. The van der Waals surface area contributed by atoms with Gasteiger partial charge in [-0.05, 0) is 55.7 Å². The lowest BCUT2D eigenvalue weighted by Gasteiger charge is -2.16. The molecule has 1 aliphatic rings. The fraction of sp³-hybridized carbons (Fsp3) is 0.259. The van der Waals surface area contributed by atoms with Gasteiger partial charge in [-0.2, -0.15) is 0 Å². The molecule has 0 radical (unpaired) electrons. The van der Waals surface area contributed by atoms with Crippen molar-refractivity contribution in [2.75, 3.05) is 23.8 Å². The lowest BCUT2D eigenvalue weighted by atomic mass is 10.1. The highest BCUT2D eigenvalue weighted by Crippen LogP contribution is 2.35. The molecule has 3 amide bonds. The molecule has 2 aromatic carbocycles. The van der Waals surface area contributed by atoms with Crippen LogP contribution in [0.5, 0.6) is 0 Å². The lowest BCUT2D eigenvalue weighted by molar-refractivity contribution is -0.116. The van der Waals surface area contributed by atoms with Crippen LogP contribution in [0.15, 0.2) is 42.5 Å². The van der Waals surface area contributed by atoms with Crippen molar-refractivity contribution in [3.05, 3.63) is 76.2 Å². The number of rotatable bonds is 5. The third kappa shape index (κ3) is 6.82. The van der Waals surface area contributed by atoms with E-state index in [1.54, 1.807) is 18.2 Å². The molecular formula is C27H26ClF2N5O5. The second kappa shape index (κ2) is 12.7. The first-order valence-electron chi connectivity index (χ1n) is 12.3. The van der Waals surface area contributed by atoms with Crippen molar-refractivity contribution < 1.29 is 33.0 Å². The van der Waals surface area contributed by atoms with Crippen LogP contribution in [0, 0.1) is 18.6 Å². The number of aliphatic hydroxyl groups excluding tert-OH is 1. The molecule has 5 N–H and O–H groups in total. The molecule has 0 spiro atoms. The van der Waals surface area contributed by atoms with Gasteiger partial charge < -0.3 is 25.5 Å². The minimum Gasteiger partial charge on any atom is -0.447 e. The molecule has 0 fully saturated rings. The topological polar surface area (TPSA) is 145 Å². The van der Waals surface area contributed by atoms with Gasteiger partial charge >= 0.3 is 6.09 Å². The number of aromatic amines is 1. The van der Waals surface area contributed by atoms with E-state index in [0.717, 1.165) is 12.1 Å². The average molecular weight is 574 g/mol. The maximum absolute atomic E-state index is 14.5. The summed E-state index contributed by atoms with van der Waals surface area (Å²) in [5.74, 6) is -3.04. The van der Waals surface area contributed by atoms with Crippen molar-refractivity contribution in [1.29, 1.82) is 0 Å². The van der Waals surface area contributed by atoms with E-state index in [9.17, 15) is 23.2 Å². The number of aryl methyl sites for hydroxylation is 1. The second-order valence-corrected chi connectivity index (χ2v) is 9.33. The number of aliphatic hydroxyl groups is 1. The second-order valence-electron chi connectivity index (χ2n) is 8.95. The maximum Gasteiger partial charge on any atom is 0.411 e. The Labute approximate surface area is 232 Å². The van der Waals surface area contributed by atoms with E-state index in [2.05, 4.69) is 25.9 Å². The summed E-state index contributed by atoms with van der Waals surface area (Å²) >= 11 is 6.49. The molecule has 0 saturated heterocycles. The minimum atomic E-state index is -0.989. The van der Waals surface area contributed by atoms with Crippen LogP contribution in [-0.2, 0) is 9.53 Å². The molecule has 1 aromatic heterocycles. The number of halogens is 3. The van der Waals surface area contributed by atoms with Gasteiger partial charge in [0.2, 0.25) is 5.91 Å². The Morgan fingerprint density at radius 2 is 1.95 bits per heavy atom. The number of amides is 3. The average Bonchev–Trinajstić information content (AvgIpc) is 3.27. The number of nitrogens with one attached hydrogen (secondary N) is 4. The number of carbonyl (C=O) groups is 3. The van der Waals surface area contributed by atoms with Gasteiger partial charge in [-0.3, -0.25) is 14.9 Å². The zero-order valence-electron chi connectivity index (χ0n) is 21.3. The third-order valence-corrected chi connectivity index (χ3v) is 6.20. The van der Waals surface area contributed by atoms with Crippen LogP contribution < -0.4 is 16.0 Å². The van der Waals surface area contributed by atoms with Crippen molar-refractivity contribution in [3.8, 4) is 11.3 Å². The van der Waals surface area contributed by atoms with Crippen molar-refractivity contribution in [3.63, 3.8) is 0 Å². The van der Waals surface area contributed by atoms with Crippen LogP contribution in [-0.4, -0.2) is 46.2 Å². The first-order valence-corrected chi connectivity index (χ1v) is 12.7. The number of anilines is 2. The fourth-order valence-electron chi connectivity index (χ4n) is 4.10. The summed E-state index contributed by atoms with van der Waals surface area (Å²) < 4.78 is 33.8. The first kappa shape index (κ1) is 28.7. The first-order chi connectivity index (χ1) is 19.2. The van der Waals surface area contributed by atoms with Crippen molar-refractivity contribution in [1.82, 2.24) is 15.3 Å². The predicted octanol–water partition coefficient (Wildman–Crippen LogP) is 5.01. The minimum absolute atomic E-state index is 0.0848. The Bertz CT molecular complexity index is 1450. The van der Waals surface area contributed by atoms with Gasteiger partial charge in [-0.1, -0.05) is 23.8 Å². The molecule has 0 aliphatic carbocycles. The number of hydrogen-bond acceptors (Lipinski definition) is 6. The standard InChI is InChI=1S/C27H26ClF2N5O5/c1-14-11-17(29)22(18(30)12-14)26(38)33-19-5-3-2-4-6-21(37)32-20-13-15(31-27(39)40-10-9-36)7-8-16(20)23-24(28)35-25(19)34-23/h2-3,7-8,11-13,19,36H,4-6,9-10H2,1H3,(H,31,39)(H,32,37)(H,33,38)(H,34,35). The Kier molecular flexibility index (Phi) is 9.12. The van der Waals surface area contributed by atoms with Gasteiger partial charge in [-0.15, -0.1) is 0 Å². The van der Waals surface area contributed by atoms with E-state index in [1.807, 2.05) is 0 Å². The number of allylic oxidation sites excluding steroid dienone is 1. The Hall–Kier alpha value is -4.29. The highest BCUT2D eigenvalue weighted by atomic mass is 35.5. The number of aromatic nitrogens is 2. The number of nitrogens with zero attached hydrogens (tertiary/aromatic N) is 1. The Morgan fingerprint density at radius 3 is 2.67 bits per heavy atom. The molecule has 3 aromatic rings. The van der Waals surface area contributed by atoms with E-state index in [-0.39, 0.29) is 54.3 Å². The lowest BCUT2D eigenvalue weighted by Crippen LogP contribution is -2.30. The van der Waals surface area contributed by atoms with E-state index in [0.29, 0.717) is 23.2 Å². The normalized spacial score (nSPS) is 15.1. The van der Waals surface area contributed by atoms with Gasteiger partial charge in [0.15, 0.2) is 0 Å². The van der Waals surface area contributed by atoms with Gasteiger partial charge in [-0.25, -0.2) is 18.6 Å². The summed E-state index contributed by atoms with van der Waals surface area (Å²) in [6.45, 7) is 0.992. The van der Waals surface area contributed by atoms with Crippen molar-refractivity contribution in [2.24, 2.45) is 0 Å². The summed E-state index contributed by atoms with van der Waals surface area (Å²) in [6, 6.07) is 5.91. The Balaban J connectivity index is 1.69. The monoisotopic (exact) mass is 573 g/mol. The van der Waals surface area contributed by atoms with E-state index >= 15 is 0 Å². The number of benzene rings is 2. The molecule has 2 bridgehead atoms. The molecule has 1 unspecified atom stereocenters. The number of fused-ring (bicyclic) bond motifs is 4. The summed E-state index contributed by atoms with van der Waals surface area (Å²) in [4.78, 5) is 45.0. The van der Waals surface area contributed by atoms with E-state index in [1.165, 1.54) is 19.1 Å². The van der Waals surface area contributed by atoms with Gasteiger partial charge in [0, 0.05) is 17.7 Å². The van der Waals surface area contributed by atoms with E-state index < -0.39 is 35.2 Å². The number of carbonyl (C=O) groups excluding carboxylic acids is 3. The molecule has 0 saturated carbocycles. The van der Waals surface area contributed by atoms with Gasteiger partial charge in [0.05, 0.1) is 18.3 Å². The predicted molar refractivity (Wildman–Crippen MR) is 144 cm³/mol. The molecular weight excluding hydrogens is 548 g/mol. The molecule has 13 heteroatoms. The largest absolute Gasteiger partial charge is 0.447 e. The molecule has 40 heavy (non-hydrogen) atoms. The summed E-state index contributed by atoms with van der Waals surface area (Å²) in [7, 11) is 0. The summed E-state index contributed by atoms with van der Waals surface area (Å²) in [5.41, 5.74) is 0.844. The van der Waals surface area contributed by atoms with Crippen molar-refractivity contribution in [2.45, 2.75) is 32.2 Å². The van der Waals surface area contributed by atoms with Crippen molar-refractivity contribution >= 4 is 40.9 Å². The number of ether oxygens (including phenoxy) is 1. The highest BCUT2D eigenvalue weighted by molar-refractivity contribution is 6.32. The quantitative estimate of drug-likeness (QED) is 0.271. The summed E-state index contributed by atoms with van der Waals surface area (Å²) in [5, 5.41) is 16.8. The van der Waals surface area contributed by atoms with Crippen LogP contribution >= 0.6 is 11.6 Å². The fourth-order valence-corrected chi connectivity index (χ4v) is 4.34. The number of hydrogen-bond donors (Lipinski definition) is 5. The van der Waals surface area contributed by atoms with E-state index in [4.69, 9.17) is 21.4 Å². The van der Waals surface area contributed by atoms with Gasteiger partial charge in [0.1, 0.15) is 40.5 Å². The molecule has 10 nitrogen and oxygen atoms in total. The Morgan fingerprint density at radius 1 is 1.20 bits per heavy atom. The third-order valence-electron chi connectivity index (χ3n) is 5.92. The molecule has 1 aliphatic heterocycles. The molecule has 1 atom stereocenters. The highest BCUT2D eigenvalue weighted by Gasteiger charge is 2.25. The van der Waals surface area contributed by atoms with Crippen LogP contribution in [0.2, 0.25) is 5.15 Å². The number of H-pyrrole nitrogens is 1. The molecule has 4 rings (SSSR count). The van der Waals surface area contributed by atoms with Crippen LogP contribution in [0.1, 0.15) is 47.1 Å². The van der Waals surface area contributed by atoms with Crippen LogP contribution in [0.3, 0.4) is 0 Å². The molecule has 2 heterocycles. The zero-order valence-corrected chi connectivity index (χ0v) is 22.1. The maximum atomic E-state index is 14.5. The van der Waals surface area contributed by atoms with Crippen LogP contribution in [0.4, 0.5) is 25.0 Å². The summed E-state index contributed by atoms with van der Waals surface area (Å²) in [6.07, 6.45) is 3.36. The van der Waals surface area contributed by atoms with Gasteiger partial charge in [0.25, 0.3) is 5.91 Å². The van der Waals surface area contributed by atoms with Crippen LogP contribution in [0.25, 0.3) is 11.3 Å². The SMILES string of the molecule is Cc1cc(F)c(C(=O)NC2CC=CCCC(=O)Nc3cc(NC(=O)OCCO)ccc3-c3nc2[nH]c3Cl)c(F)c1. The smallest absolute Gasteiger partial charge is 0.411 e. The zero-order chi connectivity index (χ0) is 28.8. The molecule has 210 valence electrons.